The number of oxazole rings is 1. The largest absolute Gasteiger partial charge is 0.491 e. The minimum Gasteiger partial charge on any atom is -0.441 e. The Labute approximate surface area is 146 Å². The van der Waals surface area contributed by atoms with Gasteiger partial charge in [0.1, 0.15) is 5.52 Å². The number of nitrogens with zero attached hydrogens (tertiary/aromatic N) is 2. The highest BCUT2D eigenvalue weighted by molar-refractivity contribution is 5.78. The number of aryl methyl sites for hydroxylation is 1. The first kappa shape index (κ1) is 17.1. The van der Waals surface area contributed by atoms with Gasteiger partial charge in [-0.25, -0.2) is 9.78 Å². The summed E-state index contributed by atoms with van der Waals surface area (Å²) in [6, 6.07) is 5.34. The number of halogens is 3. The van der Waals surface area contributed by atoms with E-state index in [2.05, 4.69) is 10.3 Å². The van der Waals surface area contributed by atoms with Crippen LogP contribution in [-0.2, 0) is 14.3 Å². The maximum atomic E-state index is 12.6. The summed E-state index contributed by atoms with van der Waals surface area (Å²) in [5, 5.41) is 2.97. The standard InChI is InChI=1S/C16H16F3N3O4/c1-9-21-12-4-10(2-3-13(12)24-9)22-6-11-5-20-7-15(8-22,25-11)26-14(23)16(17,18)19/h2-4,11,20H,5-8H2,1H3. The van der Waals surface area contributed by atoms with Gasteiger partial charge < -0.3 is 24.1 Å². The predicted octanol–water partition coefficient (Wildman–Crippen LogP) is 1.75. The zero-order valence-corrected chi connectivity index (χ0v) is 13.8. The Balaban J connectivity index is 1.62. The lowest BCUT2D eigenvalue weighted by molar-refractivity contribution is -0.284. The van der Waals surface area contributed by atoms with Gasteiger partial charge >= 0.3 is 12.1 Å². The first-order valence-corrected chi connectivity index (χ1v) is 8.05. The van der Waals surface area contributed by atoms with Gasteiger partial charge in [0.25, 0.3) is 0 Å². The second kappa shape index (κ2) is 5.85. The van der Waals surface area contributed by atoms with Crippen molar-refractivity contribution in [3.8, 4) is 0 Å². The molecule has 2 fully saturated rings. The number of benzene rings is 1. The number of carbonyl (C=O) groups is 1. The Hall–Kier alpha value is -2.33. The van der Waals surface area contributed by atoms with E-state index in [-0.39, 0.29) is 13.1 Å². The molecule has 2 aromatic rings. The molecule has 2 bridgehead atoms. The van der Waals surface area contributed by atoms with Crippen LogP contribution < -0.4 is 10.2 Å². The smallest absolute Gasteiger partial charge is 0.441 e. The van der Waals surface area contributed by atoms with Crippen molar-refractivity contribution >= 4 is 22.8 Å². The molecule has 10 heteroatoms. The van der Waals surface area contributed by atoms with Crippen molar-refractivity contribution < 1.29 is 31.9 Å². The summed E-state index contributed by atoms with van der Waals surface area (Å²) in [4.78, 5) is 17.5. The van der Waals surface area contributed by atoms with Crippen LogP contribution in [0.2, 0.25) is 0 Å². The molecule has 3 heterocycles. The third-order valence-electron chi connectivity index (χ3n) is 4.36. The highest BCUT2D eigenvalue weighted by Gasteiger charge is 2.52. The van der Waals surface area contributed by atoms with Crippen molar-refractivity contribution in [2.24, 2.45) is 0 Å². The number of nitrogens with one attached hydrogen (secondary N) is 1. The van der Waals surface area contributed by atoms with Crippen LogP contribution >= 0.6 is 0 Å². The maximum absolute atomic E-state index is 12.6. The van der Waals surface area contributed by atoms with Gasteiger partial charge in [0.15, 0.2) is 11.5 Å². The van der Waals surface area contributed by atoms with E-state index in [1.165, 1.54) is 0 Å². The van der Waals surface area contributed by atoms with Crippen LogP contribution in [0.3, 0.4) is 0 Å². The first-order valence-electron chi connectivity index (χ1n) is 8.05. The zero-order chi connectivity index (χ0) is 18.5. The molecule has 7 nitrogen and oxygen atoms in total. The summed E-state index contributed by atoms with van der Waals surface area (Å²) in [5.74, 6) is -3.43. The normalized spacial score (nSPS) is 26.2. The van der Waals surface area contributed by atoms with E-state index >= 15 is 0 Å². The molecule has 2 aliphatic rings. The Morgan fingerprint density at radius 3 is 3.04 bits per heavy atom. The summed E-state index contributed by atoms with van der Waals surface area (Å²) in [6.45, 7) is 2.58. The van der Waals surface area contributed by atoms with Crippen LogP contribution in [-0.4, -0.2) is 55.2 Å². The van der Waals surface area contributed by atoms with Crippen molar-refractivity contribution in [1.82, 2.24) is 10.3 Å². The van der Waals surface area contributed by atoms with Gasteiger partial charge in [-0.1, -0.05) is 0 Å². The Bertz CT molecular complexity index is 853. The number of aromatic nitrogens is 1. The number of carbonyl (C=O) groups excluding carboxylic acids is 1. The van der Waals surface area contributed by atoms with Crippen LogP contribution in [0.5, 0.6) is 0 Å². The lowest BCUT2D eigenvalue weighted by Gasteiger charge is -2.49. The van der Waals surface area contributed by atoms with Gasteiger partial charge in [-0.15, -0.1) is 0 Å². The van der Waals surface area contributed by atoms with Crippen LogP contribution in [0, 0.1) is 6.92 Å². The molecule has 2 aliphatic heterocycles. The molecule has 0 amide bonds. The SMILES string of the molecule is Cc1nc2cc(N3CC4CNCC(OC(=O)C(F)(F)F)(C3)O4)ccc2o1. The van der Waals surface area contributed by atoms with E-state index in [4.69, 9.17) is 13.9 Å². The molecule has 2 atom stereocenters. The van der Waals surface area contributed by atoms with Crippen LogP contribution in [0.15, 0.2) is 22.6 Å². The topological polar surface area (TPSA) is 76.8 Å². The van der Waals surface area contributed by atoms with Crippen LogP contribution in [0.25, 0.3) is 11.1 Å². The molecule has 2 saturated heterocycles. The third kappa shape index (κ3) is 3.10. The first-order chi connectivity index (χ1) is 12.2. The minimum absolute atomic E-state index is 0.0207. The van der Waals surface area contributed by atoms with E-state index in [1.54, 1.807) is 25.1 Å². The van der Waals surface area contributed by atoms with Gasteiger partial charge in [-0.3, -0.25) is 0 Å². The van der Waals surface area contributed by atoms with Crippen molar-refractivity contribution in [3.63, 3.8) is 0 Å². The molecule has 0 spiro atoms. The summed E-state index contributed by atoms with van der Waals surface area (Å²) in [5.41, 5.74) is 2.02. The molecule has 1 N–H and O–H groups in total. The summed E-state index contributed by atoms with van der Waals surface area (Å²) in [7, 11) is 0. The van der Waals surface area contributed by atoms with Gasteiger partial charge in [-0.2, -0.15) is 13.2 Å². The molecule has 0 aliphatic carbocycles. The van der Waals surface area contributed by atoms with Gasteiger partial charge in [0.05, 0.1) is 19.2 Å². The van der Waals surface area contributed by atoms with Crippen molar-refractivity contribution in [2.75, 3.05) is 31.1 Å². The summed E-state index contributed by atoms with van der Waals surface area (Å²) < 4.78 is 53.7. The molecular formula is C16H16F3N3O4. The number of rotatable bonds is 2. The van der Waals surface area contributed by atoms with E-state index in [1.807, 2.05) is 4.90 Å². The summed E-state index contributed by atoms with van der Waals surface area (Å²) >= 11 is 0. The number of hydrogen-bond acceptors (Lipinski definition) is 7. The molecule has 2 unspecified atom stereocenters. The average molecular weight is 371 g/mol. The number of alkyl halides is 3. The molecular weight excluding hydrogens is 355 g/mol. The molecule has 26 heavy (non-hydrogen) atoms. The number of fused-ring (bicyclic) bond motifs is 3. The van der Waals surface area contributed by atoms with E-state index in [0.717, 1.165) is 5.69 Å². The molecule has 1 aromatic carbocycles. The summed E-state index contributed by atoms with van der Waals surface area (Å²) in [6.07, 6.45) is -5.49. The Morgan fingerprint density at radius 1 is 1.46 bits per heavy atom. The number of ether oxygens (including phenoxy) is 2. The highest BCUT2D eigenvalue weighted by Crippen LogP contribution is 2.33. The maximum Gasteiger partial charge on any atom is 0.491 e. The Kier molecular flexibility index (Phi) is 3.85. The lowest BCUT2D eigenvalue weighted by Crippen LogP contribution is -2.68. The van der Waals surface area contributed by atoms with Crippen molar-refractivity contribution in [3.05, 3.63) is 24.1 Å². The second-order valence-corrected chi connectivity index (χ2v) is 6.43. The fraction of sp³-hybridized carbons (Fsp3) is 0.500. The molecule has 0 radical (unpaired) electrons. The number of hydrogen-bond donors (Lipinski definition) is 1. The fourth-order valence-corrected chi connectivity index (χ4v) is 3.35. The minimum atomic E-state index is -5.08. The fourth-order valence-electron chi connectivity index (χ4n) is 3.35. The third-order valence-corrected chi connectivity index (χ3v) is 4.36. The highest BCUT2D eigenvalue weighted by atomic mass is 19.4. The van der Waals surface area contributed by atoms with Crippen molar-refractivity contribution in [2.45, 2.75) is 25.0 Å². The zero-order valence-electron chi connectivity index (χ0n) is 13.8. The van der Waals surface area contributed by atoms with E-state index in [9.17, 15) is 18.0 Å². The monoisotopic (exact) mass is 371 g/mol. The molecule has 1 aromatic heterocycles. The second-order valence-electron chi connectivity index (χ2n) is 6.43. The van der Waals surface area contributed by atoms with Crippen LogP contribution in [0.4, 0.5) is 18.9 Å². The van der Waals surface area contributed by atoms with Gasteiger partial charge in [0.2, 0.25) is 5.79 Å². The predicted molar refractivity (Wildman–Crippen MR) is 83.6 cm³/mol. The van der Waals surface area contributed by atoms with Crippen molar-refractivity contribution in [1.29, 1.82) is 0 Å². The number of esters is 1. The van der Waals surface area contributed by atoms with E-state index < -0.39 is 24.0 Å². The number of anilines is 1. The van der Waals surface area contributed by atoms with Gasteiger partial charge in [-0.05, 0) is 18.2 Å². The molecule has 0 saturated carbocycles. The molecule has 4 rings (SSSR count). The number of morpholine rings is 2. The lowest BCUT2D eigenvalue weighted by atomic mass is 10.1. The van der Waals surface area contributed by atoms with Gasteiger partial charge in [0, 0.05) is 25.7 Å². The molecule has 140 valence electrons. The average Bonchev–Trinajstić information content (AvgIpc) is 2.92. The Morgan fingerprint density at radius 2 is 2.27 bits per heavy atom. The van der Waals surface area contributed by atoms with E-state index in [0.29, 0.717) is 30.1 Å². The quantitative estimate of drug-likeness (QED) is 0.806. The van der Waals surface area contributed by atoms with Crippen LogP contribution in [0.1, 0.15) is 5.89 Å².